The first-order valence-corrected chi connectivity index (χ1v) is 9.04. The lowest BCUT2D eigenvalue weighted by molar-refractivity contribution is 0.561. The zero-order chi connectivity index (χ0) is 20.1. The first-order chi connectivity index (χ1) is 14.2. The van der Waals surface area contributed by atoms with Crippen LogP contribution in [0.1, 0.15) is 11.7 Å². The minimum Gasteiger partial charge on any atom is -0.369 e. The smallest absolute Gasteiger partial charge is 0.237 e. The lowest BCUT2D eigenvalue weighted by atomic mass is 10.2. The van der Waals surface area contributed by atoms with E-state index in [-0.39, 0.29) is 5.95 Å². The highest BCUT2D eigenvalue weighted by atomic mass is 15.3. The van der Waals surface area contributed by atoms with Gasteiger partial charge in [-0.15, -0.1) is 0 Å². The van der Waals surface area contributed by atoms with Gasteiger partial charge in [0.25, 0.3) is 0 Å². The van der Waals surface area contributed by atoms with Crippen molar-refractivity contribution in [2.75, 3.05) is 11.1 Å². The number of nitrogen functional groups attached to an aromatic ring is 1. The molecule has 5 N–H and O–H groups in total. The van der Waals surface area contributed by atoms with Gasteiger partial charge >= 0.3 is 0 Å². The van der Waals surface area contributed by atoms with E-state index in [1.807, 2.05) is 72.8 Å². The summed E-state index contributed by atoms with van der Waals surface area (Å²) in [6.07, 6.45) is 2.72. The Hall–Kier alpha value is -4.04. The Morgan fingerprint density at radius 2 is 1.62 bits per heavy atom. The molecule has 0 amide bonds. The summed E-state index contributed by atoms with van der Waals surface area (Å²) in [5.41, 5.74) is 15.4. The number of para-hydroxylation sites is 2. The Morgan fingerprint density at radius 3 is 2.31 bits per heavy atom. The molecule has 2 heterocycles. The van der Waals surface area contributed by atoms with E-state index in [9.17, 15) is 0 Å². The molecule has 1 atom stereocenters. The van der Waals surface area contributed by atoms with Crippen LogP contribution in [0.4, 0.5) is 23.3 Å². The molecule has 0 aliphatic carbocycles. The predicted octanol–water partition coefficient (Wildman–Crippen LogP) is 2.74. The second kappa shape index (κ2) is 8.32. The zero-order valence-electron chi connectivity index (χ0n) is 15.6. The maximum absolute atomic E-state index is 6.46. The fourth-order valence-corrected chi connectivity index (χ4v) is 2.81. The van der Waals surface area contributed by atoms with Gasteiger partial charge in [-0.3, -0.25) is 9.55 Å². The van der Waals surface area contributed by atoms with Crippen molar-refractivity contribution in [1.29, 1.82) is 0 Å². The molecule has 0 saturated carbocycles. The number of hydrogen-bond donors (Lipinski definition) is 3. The van der Waals surface area contributed by atoms with Crippen molar-refractivity contribution in [2.24, 2.45) is 10.7 Å². The van der Waals surface area contributed by atoms with Crippen LogP contribution in [-0.2, 0) is 0 Å². The summed E-state index contributed by atoms with van der Waals surface area (Å²) in [7, 11) is 0. The monoisotopic (exact) mass is 384 g/mol. The fourth-order valence-electron chi connectivity index (χ4n) is 2.81. The number of nitrogens with zero attached hydrogens (tertiary/aromatic N) is 5. The van der Waals surface area contributed by atoms with Gasteiger partial charge in [0.1, 0.15) is 6.17 Å². The van der Waals surface area contributed by atoms with Gasteiger partial charge < -0.3 is 16.8 Å². The van der Waals surface area contributed by atoms with E-state index >= 15 is 0 Å². The molecule has 0 fully saturated rings. The lowest BCUT2D eigenvalue weighted by Crippen LogP contribution is -2.36. The van der Waals surface area contributed by atoms with Gasteiger partial charge in [0.2, 0.25) is 17.5 Å². The normalized spacial score (nSPS) is 12.5. The number of anilines is 3. The number of nitrogens with one attached hydrogen (secondary N) is 1. The number of pyridine rings is 1. The number of benzene rings is 2. The van der Waals surface area contributed by atoms with Crippen molar-refractivity contribution in [3.63, 3.8) is 0 Å². The molecular formula is C21H20N8. The molecule has 144 valence electrons. The second-order valence-corrected chi connectivity index (χ2v) is 6.24. The SMILES string of the molecule is Nc1nc(Nc2ccccc2)nc(=Nc2ccccc2)n1C(N)c1cccnc1. The summed E-state index contributed by atoms with van der Waals surface area (Å²) in [5.74, 6) is 0.516. The Morgan fingerprint density at radius 1 is 0.897 bits per heavy atom. The summed E-state index contributed by atoms with van der Waals surface area (Å²) >= 11 is 0. The fraction of sp³-hybridized carbons (Fsp3) is 0.0476. The van der Waals surface area contributed by atoms with Gasteiger partial charge in [-0.25, -0.2) is 4.99 Å². The Balaban J connectivity index is 1.84. The molecule has 2 aromatic carbocycles. The summed E-state index contributed by atoms with van der Waals surface area (Å²) in [6, 6.07) is 22.8. The van der Waals surface area contributed by atoms with E-state index in [0.29, 0.717) is 11.6 Å². The number of nitrogens with two attached hydrogens (primary N) is 2. The molecule has 2 aromatic heterocycles. The van der Waals surface area contributed by atoms with Gasteiger partial charge in [-0.05, 0) is 30.3 Å². The molecule has 8 nitrogen and oxygen atoms in total. The van der Waals surface area contributed by atoms with Crippen molar-refractivity contribution in [3.05, 3.63) is 96.4 Å². The second-order valence-electron chi connectivity index (χ2n) is 6.24. The van der Waals surface area contributed by atoms with E-state index in [0.717, 1.165) is 16.9 Å². The van der Waals surface area contributed by atoms with Crippen molar-refractivity contribution in [3.8, 4) is 0 Å². The van der Waals surface area contributed by atoms with Crippen molar-refractivity contribution < 1.29 is 0 Å². The minimum absolute atomic E-state index is 0.185. The van der Waals surface area contributed by atoms with E-state index in [1.165, 1.54) is 0 Å². The van der Waals surface area contributed by atoms with Gasteiger partial charge in [0.15, 0.2) is 0 Å². The maximum atomic E-state index is 6.46. The van der Waals surface area contributed by atoms with Crippen LogP contribution in [0.25, 0.3) is 0 Å². The van der Waals surface area contributed by atoms with Crippen LogP contribution >= 0.6 is 0 Å². The molecule has 0 spiro atoms. The largest absolute Gasteiger partial charge is 0.369 e. The van der Waals surface area contributed by atoms with Gasteiger partial charge in [0, 0.05) is 23.6 Å². The Labute approximate surface area is 167 Å². The first kappa shape index (κ1) is 18.3. The predicted molar refractivity (Wildman–Crippen MR) is 112 cm³/mol. The summed E-state index contributed by atoms with van der Waals surface area (Å²) in [5, 5.41) is 3.15. The Kier molecular flexibility index (Phi) is 5.26. The number of aromatic nitrogens is 4. The van der Waals surface area contributed by atoms with Crippen molar-refractivity contribution in [2.45, 2.75) is 6.17 Å². The standard InChI is InChI=1S/C21H20N8/c22-18(15-8-7-13-24-14-15)29-19(23)27-20(25-16-9-3-1-4-10-16)28-21(29)26-17-11-5-2-6-12-17/h1-14,18H,22H2,(H3,23,25,26,27,28). The quantitative estimate of drug-likeness (QED) is 0.487. The summed E-state index contributed by atoms with van der Waals surface area (Å²) in [6.45, 7) is 0. The van der Waals surface area contributed by atoms with Gasteiger partial charge in [-0.2, -0.15) is 9.97 Å². The maximum Gasteiger partial charge on any atom is 0.237 e. The molecular weight excluding hydrogens is 364 g/mol. The van der Waals surface area contributed by atoms with Gasteiger partial charge in [0.05, 0.1) is 5.69 Å². The van der Waals surface area contributed by atoms with Crippen LogP contribution in [0.3, 0.4) is 0 Å². The van der Waals surface area contributed by atoms with Crippen LogP contribution < -0.4 is 22.4 Å². The molecule has 0 bridgehead atoms. The minimum atomic E-state index is -0.642. The molecule has 4 aromatic rings. The zero-order valence-corrected chi connectivity index (χ0v) is 15.6. The number of hydrogen-bond acceptors (Lipinski definition) is 7. The van der Waals surface area contributed by atoms with Crippen LogP contribution in [-0.4, -0.2) is 19.5 Å². The van der Waals surface area contributed by atoms with Crippen LogP contribution in [0.15, 0.2) is 90.2 Å². The highest BCUT2D eigenvalue weighted by Gasteiger charge is 2.15. The van der Waals surface area contributed by atoms with E-state index < -0.39 is 6.17 Å². The van der Waals surface area contributed by atoms with E-state index in [4.69, 9.17) is 11.5 Å². The third-order valence-electron chi connectivity index (χ3n) is 4.21. The van der Waals surface area contributed by atoms with Crippen molar-refractivity contribution >= 4 is 23.3 Å². The average molecular weight is 384 g/mol. The molecule has 0 saturated heterocycles. The third kappa shape index (κ3) is 4.28. The molecule has 8 heteroatoms. The highest BCUT2D eigenvalue weighted by Crippen LogP contribution is 2.16. The lowest BCUT2D eigenvalue weighted by Gasteiger charge is -2.18. The van der Waals surface area contributed by atoms with Crippen molar-refractivity contribution in [1.82, 2.24) is 19.5 Å². The molecule has 1 unspecified atom stereocenters. The molecule has 0 aliphatic heterocycles. The topological polar surface area (TPSA) is 120 Å². The van der Waals surface area contributed by atoms with E-state index in [2.05, 4.69) is 25.3 Å². The molecule has 29 heavy (non-hydrogen) atoms. The van der Waals surface area contributed by atoms with Gasteiger partial charge in [-0.1, -0.05) is 42.5 Å². The van der Waals surface area contributed by atoms with Crippen LogP contribution in [0, 0.1) is 0 Å². The highest BCUT2D eigenvalue weighted by molar-refractivity contribution is 5.53. The van der Waals surface area contributed by atoms with E-state index in [1.54, 1.807) is 17.0 Å². The molecule has 0 aliphatic rings. The molecule has 0 radical (unpaired) electrons. The Bertz CT molecular complexity index is 1140. The number of rotatable bonds is 5. The first-order valence-electron chi connectivity index (χ1n) is 9.04. The molecule has 4 rings (SSSR count). The van der Waals surface area contributed by atoms with Crippen LogP contribution in [0.5, 0.6) is 0 Å². The third-order valence-corrected chi connectivity index (χ3v) is 4.21. The average Bonchev–Trinajstić information content (AvgIpc) is 2.75. The summed E-state index contributed by atoms with van der Waals surface area (Å²) in [4.78, 5) is 17.7. The van der Waals surface area contributed by atoms with Crippen LogP contribution in [0.2, 0.25) is 0 Å². The summed E-state index contributed by atoms with van der Waals surface area (Å²) < 4.78 is 1.58.